The van der Waals surface area contributed by atoms with Crippen molar-refractivity contribution in [2.45, 2.75) is 31.3 Å². The van der Waals surface area contributed by atoms with E-state index >= 15 is 0 Å². The van der Waals surface area contributed by atoms with Gasteiger partial charge < -0.3 is 10.8 Å². The van der Waals surface area contributed by atoms with Crippen LogP contribution in [0, 0.1) is 0 Å². The smallest absolute Gasteiger partial charge is 0.328 e. The van der Waals surface area contributed by atoms with E-state index < -0.39 is 12.0 Å². The van der Waals surface area contributed by atoms with Gasteiger partial charge in [0.25, 0.3) is 6.08 Å². The van der Waals surface area contributed by atoms with Crippen molar-refractivity contribution in [3.8, 4) is 0 Å². The number of anilines is 1. The molecular formula is C19H18Cl3N3O3. The number of nitrogens with zero attached hydrogens (tertiary/aromatic N) is 2. The number of isocyanates is 1. The van der Waals surface area contributed by atoms with E-state index in [4.69, 9.17) is 28.9 Å². The van der Waals surface area contributed by atoms with Gasteiger partial charge in [0.05, 0.1) is 5.69 Å². The molecule has 0 saturated carbocycles. The average Bonchev–Trinajstić information content (AvgIpc) is 2.63. The predicted molar refractivity (Wildman–Crippen MR) is 111 cm³/mol. The van der Waals surface area contributed by atoms with Gasteiger partial charge in [0.1, 0.15) is 0 Å². The van der Waals surface area contributed by atoms with Crippen molar-refractivity contribution in [1.29, 1.82) is 0 Å². The maximum Gasteiger partial charge on any atom is 0.328 e. The number of benzene rings is 2. The maximum atomic E-state index is 11.8. The number of hydrazone groups is 1. The summed E-state index contributed by atoms with van der Waals surface area (Å²) in [4.78, 5) is 22.6. The lowest BCUT2D eigenvalue weighted by Crippen LogP contribution is -2.43. The zero-order valence-electron chi connectivity index (χ0n) is 14.6. The Morgan fingerprint density at radius 3 is 2.46 bits per heavy atom. The van der Waals surface area contributed by atoms with Crippen LogP contribution < -0.4 is 10.7 Å². The Balaban J connectivity index is 0.00000280. The van der Waals surface area contributed by atoms with Crippen LogP contribution in [-0.4, -0.2) is 23.2 Å². The zero-order valence-corrected chi connectivity index (χ0v) is 17.0. The van der Waals surface area contributed by atoms with Crippen molar-refractivity contribution in [1.82, 2.24) is 0 Å². The molecule has 9 heteroatoms. The molecule has 1 aliphatic heterocycles. The Bertz CT molecular complexity index is 915. The van der Waals surface area contributed by atoms with Gasteiger partial charge in [0, 0.05) is 16.6 Å². The summed E-state index contributed by atoms with van der Waals surface area (Å²) >= 11 is 12.5. The molecule has 0 aliphatic carbocycles. The van der Waals surface area contributed by atoms with Crippen molar-refractivity contribution in [2.24, 2.45) is 10.8 Å². The Hall–Kier alpha value is -2.08. The number of halogens is 3. The Labute approximate surface area is 178 Å². The lowest BCUT2D eigenvalue weighted by molar-refractivity contribution is -0.139. The van der Waals surface area contributed by atoms with E-state index in [0.29, 0.717) is 28.7 Å². The van der Waals surface area contributed by atoms with Crippen LogP contribution in [0.5, 0.6) is 0 Å². The van der Waals surface area contributed by atoms with Crippen LogP contribution in [0.15, 0.2) is 41.5 Å². The molecule has 148 valence electrons. The number of hydrogen-bond acceptors (Lipinski definition) is 5. The van der Waals surface area contributed by atoms with Gasteiger partial charge in [0.15, 0.2) is 6.04 Å². The third kappa shape index (κ3) is 4.49. The Morgan fingerprint density at radius 1 is 1.25 bits per heavy atom. The lowest BCUT2D eigenvalue weighted by atomic mass is 9.82. The molecule has 0 unspecified atom stereocenters. The Kier molecular flexibility index (Phi) is 7.47. The molecule has 2 aromatic carbocycles. The molecule has 0 bridgehead atoms. The molecule has 2 atom stereocenters. The van der Waals surface area contributed by atoms with E-state index in [2.05, 4.69) is 5.10 Å². The number of aliphatic carboxylic acids is 1. The van der Waals surface area contributed by atoms with Gasteiger partial charge in [-0.15, -0.1) is 12.4 Å². The number of carbonyl (C=O) groups excluding carboxylic acids is 1. The van der Waals surface area contributed by atoms with Gasteiger partial charge in [-0.1, -0.05) is 52.6 Å². The second-order valence-electron chi connectivity index (χ2n) is 6.37. The van der Waals surface area contributed by atoms with Crippen molar-refractivity contribution in [2.75, 3.05) is 5.01 Å². The fourth-order valence-corrected chi connectivity index (χ4v) is 4.11. The first-order valence-corrected chi connectivity index (χ1v) is 9.06. The third-order valence-corrected chi connectivity index (χ3v) is 5.24. The van der Waals surface area contributed by atoms with Crippen molar-refractivity contribution in [3.05, 3.63) is 63.1 Å². The minimum atomic E-state index is -1.08. The number of fused-ring (bicyclic) bond motifs is 1. The van der Waals surface area contributed by atoms with E-state index in [-0.39, 0.29) is 24.7 Å². The molecule has 0 radical (unpaired) electrons. The summed E-state index contributed by atoms with van der Waals surface area (Å²) in [5.41, 5.74) is 8.82. The van der Waals surface area contributed by atoms with Crippen molar-refractivity contribution < 1.29 is 14.7 Å². The van der Waals surface area contributed by atoms with Crippen molar-refractivity contribution in [3.63, 3.8) is 0 Å². The second kappa shape index (κ2) is 9.41. The first-order valence-electron chi connectivity index (χ1n) is 8.31. The molecule has 0 spiro atoms. The highest BCUT2D eigenvalue weighted by Crippen LogP contribution is 2.45. The largest absolute Gasteiger partial charge is 0.480 e. The van der Waals surface area contributed by atoms with Gasteiger partial charge in [0.2, 0.25) is 0 Å². The summed E-state index contributed by atoms with van der Waals surface area (Å²) in [7, 11) is 0. The summed E-state index contributed by atoms with van der Waals surface area (Å²) in [5.74, 6) is -1.26. The quantitative estimate of drug-likeness (QED) is 0.536. The number of carboxylic acids is 1. The van der Waals surface area contributed by atoms with Gasteiger partial charge >= 0.3 is 5.97 Å². The SMILES string of the molecule is Cl.NCc1ccc(C[C@H]2C[C@H](C(=O)O)N(N=C=O)c3cc(Cl)cc(Cl)c32)cc1. The van der Waals surface area contributed by atoms with Crippen LogP contribution in [-0.2, 0) is 22.6 Å². The topological polar surface area (TPSA) is 96.0 Å². The van der Waals surface area contributed by atoms with Crippen LogP contribution in [0.3, 0.4) is 0 Å². The predicted octanol–water partition coefficient (Wildman–Crippen LogP) is 4.11. The van der Waals surface area contributed by atoms with Gasteiger partial charge in [-0.05, 0) is 47.6 Å². The number of rotatable bonds is 5. The van der Waals surface area contributed by atoms with E-state index in [9.17, 15) is 14.7 Å². The van der Waals surface area contributed by atoms with Crippen LogP contribution in [0.4, 0.5) is 5.69 Å². The van der Waals surface area contributed by atoms with E-state index in [1.54, 1.807) is 12.1 Å². The molecule has 3 N–H and O–H groups in total. The first-order chi connectivity index (χ1) is 12.9. The van der Waals surface area contributed by atoms with Gasteiger partial charge in [-0.3, -0.25) is 0 Å². The lowest BCUT2D eigenvalue weighted by Gasteiger charge is -2.37. The molecule has 1 heterocycles. The third-order valence-electron chi connectivity index (χ3n) is 4.70. The number of hydrogen-bond donors (Lipinski definition) is 2. The minimum Gasteiger partial charge on any atom is -0.480 e. The highest BCUT2D eigenvalue weighted by atomic mass is 35.5. The molecule has 0 fully saturated rings. The van der Waals surface area contributed by atoms with Crippen LogP contribution in [0.2, 0.25) is 10.0 Å². The van der Waals surface area contributed by atoms with Gasteiger partial charge in [-0.25, -0.2) is 14.6 Å². The summed E-state index contributed by atoms with van der Waals surface area (Å²) in [6.07, 6.45) is 2.25. The first kappa shape index (κ1) is 22.2. The molecular weight excluding hydrogens is 425 g/mol. The van der Waals surface area contributed by atoms with E-state index in [0.717, 1.165) is 21.7 Å². The Morgan fingerprint density at radius 2 is 1.89 bits per heavy atom. The molecule has 2 aromatic rings. The number of carboxylic acid groups (broad SMARTS) is 1. The maximum absolute atomic E-state index is 11.8. The van der Waals surface area contributed by atoms with Crippen LogP contribution >= 0.6 is 35.6 Å². The molecule has 0 amide bonds. The summed E-state index contributed by atoms with van der Waals surface area (Å²) < 4.78 is 0. The van der Waals surface area contributed by atoms with Crippen LogP contribution in [0.1, 0.15) is 29.0 Å². The standard InChI is InChI=1S/C19H17Cl2N3O3.ClH/c20-14-7-15(21)18-13(5-11-1-3-12(9-22)4-2-11)6-17(19(26)27)24(23-10-25)16(18)8-14;/h1-4,7-8,13,17H,5-6,9,22H2,(H,26,27);1H/t13-,17+;/m0./s1. The fraction of sp³-hybridized carbons (Fsp3) is 0.263. The van der Waals surface area contributed by atoms with Crippen molar-refractivity contribution >= 4 is 53.3 Å². The number of nitrogens with two attached hydrogens (primary N) is 1. The molecule has 3 rings (SSSR count). The normalized spacial score (nSPS) is 17.9. The fourth-order valence-electron chi connectivity index (χ4n) is 3.47. The number of carbonyl (C=O) groups is 1. The zero-order chi connectivity index (χ0) is 19.6. The minimum absolute atomic E-state index is 0. The van der Waals surface area contributed by atoms with E-state index in [1.165, 1.54) is 6.08 Å². The second-order valence-corrected chi connectivity index (χ2v) is 7.21. The van der Waals surface area contributed by atoms with E-state index in [1.807, 2.05) is 24.3 Å². The van der Waals surface area contributed by atoms with Gasteiger partial charge in [-0.2, -0.15) is 0 Å². The highest BCUT2D eigenvalue weighted by molar-refractivity contribution is 6.35. The molecule has 1 aliphatic rings. The summed E-state index contributed by atoms with van der Waals surface area (Å²) in [6, 6.07) is 10.00. The van der Waals surface area contributed by atoms with Crippen LogP contribution in [0.25, 0.3) is 0 Å². The highest BCUT2D eigenvalue weighted by Gasteiger charge is 2.38. The molecule has 0 saturated heterocycles. The monoisotopic (exact) mass is 441 g/mol. The average molecular weight is 443 g/mol. The molecule has 28 heavy (non-hydrogen) atoms. The molecule has 0 aromatic heterocycles. The summed E-state index contributed by atoms with van der Waals surface area (Å²) in [6.45, 7) is 0.455. The summed E-state index contributed by atoms with van der Waals surface area (Å²) in [5, 5.41) is 15.1. The molecule has 6 nitrogen and oxygen atoms in total.